The maximum Gasteiger partial charge on any atom is 0.318 e. The molecule has 0 radical (unpaired) electrons. The van der Waals surface area contributed by atoms with Gasteiger partial charge in [0.15, 0.2) is 0 Å². The van der Waals surface area contributed by atoms with Crippen LogP contribution < -0.4 is 5.32 Å². The molecule has 0 aliphatic carbocycles. The third-order valence-electron chi connectivity index (χ3n) is 3.75. The van der Waals surface area contributed by atoms with E-state index in [-0.39, 0.29) is 12.1 Å². The Morgan fingerprint density at radius 3 is 3.00 bits per heavy atom. The second kappa shape index (κ2) is 8.09. The van der Waals surface area contributed by atoms with E-state index in [1.807, 2.05) is 18.7 Å². The zero-order valence-corrected chi connectivity index (χ0v) is 13.5. The minimum Gasteiger partial charge on any atom is -0.385 e. The molecule has 0 bridgehead atoms. The number of nitrogens with zero attached hydrogens (tertiary/aromatic N) is 4. The van der Waals surface area contributed by atoms with Crippen LogP contribution in [-0.2, 0) is 22.6 Å². The lowest BCUT2D eigenvalue weighted by Gasteiger charge is -2.35. The van der Waals surface area contributed by atoms with Crippen molar-refractivity contribution in [3.05, 3.63) is 11.4 Å². The number of aryl methyl sites for hydroxylation is 2. The maximum atomic E-state index is 12.4. The van der Waals surface area contributed by atoms with Crippen molar-refractivity contribution in [1.29, 1.82) is 0 Å². The summed E-state index contributed by atoms with van der Waals surface area (Å²) in [5.74, 6) is 0. The summed E-state index contributed by atoms with van der Waals surface area (Å²) in [5.41, 5.74) is 1.65. The SMILES string of the molecule is CCn1nc(C)c(CNC(=O)N2CCOCC2CCOC)n1. The van der Waals surface area contributed by atoms with Crippen molar-refractivity contribution in [2.45, 2.75) is 39.4 Å². The summed E-state index contributed by atoms with van der Waals surface area (Å²) in [7, 11) is 1.66. The molecular formula is C14H25N5O3. The average Bonchev–Trinajstić information content (AvgIpc) is 2.91. The standard InChI is InChI=1S/C14H25N5O3/c1-4-19-16-11(2)13(17-19)9-15-14(20)18-6-8-22-10-12(18)5-7-21-3/h12H,4-10H2,1-3H3,(H,15,20). The van der Waals surface area contributed by atoms with Crippen LogP contribution in [0.5, 0.6) is 0 Å². The summed E-state index contributed by atoms with van der Waals surface area (Å²) >= 11 is 0. The number of carbonyl (C=O) groups is 1. The van der Waals surface area contributed by atoms with Crippen molar-refractivity contribution in [2.24, 2.45) is 0 Å². The molecule has 8 nitrogen and oxygen atoms in total. The van der Waals surface area contributed by atoms with Gasteiger partial charge >= 0.3 is 6.03 Å². The highest BCUT2D eigenvalue weighted by Crippen LogP contribution is 2.11. The molecule has 0 saturated carbocycles. The van der Waals surface area contributed by atoms with Gasteiger partial charge in [-0.1, -0.05) is 0 Å². The Morgan fingerprint density at radius 2 is 2.32 bits per heavy atom. The molecule has 1 aromatic rings. The number of morpholine rings is 1. The Labute approximate surface area is 130 Å². The Morgan fingerprint density at radius 1 is 1.50 bits per heavy atom. The predicted molar refractivity (Wildman–Crippen MR) is 80.5 cm³/mol. The normalized spacial score (nSPS) is 18.5. The van der Waals surface area contributed by atoms with Gasteiger partial charge in [-0.2, -0.15) is 15.0 Å². The number of carbonyl (C=O) groups excluding carboxylic acids is 1. The van der Waals surface area contributed by atoms with Crippen molar-refractivity contribution in [1.82, 2.24) is 25.2 Å². The van der Waals surface area contributed by atoms with Crippen molar-refractivity contribution in [3.8, 4) is 0 Å². The highest BCUT2D eigenvalue weighted by molar-refractivity contribution is 5.74. The van der Waals surface area contributed by atoms with Gasteiger partial charge in [0.05, 0.1) is 38.0 Å². The van der Waals surface area contributed by atoms with Gasteiger partial charge in [0.2, 0.25) is 0 Å². The van der Waals surface area contributed by atoms with E-state index in [0.717, 1.165) is 24.4 Å². The molecule has 1 N–H and O–H groups in total. The minimum atomic E-state index is -0.0881. The highest BCUT2D eigenvalue weighted by atomic mass is 16.5. The van der Waals surface area contributed by atoms with Crippen molar-refractivity contribution < 1.29 is 14.3 Å². The lowest BCUT2D eigenvalue weighted by molar-refractivity contribution is 0.00157. The number of methoxy groups -OCH3 is 1. The van der Waals surface area contributed by atoms with E-state index >= 15 is 0 Å². The first-order chi connectivity index (χ1) is 10.7. The summed E-state index contributed by atoms with van der Waals surface area (Å²) < 4.78 is 10.6. The molecule has 2 amide bonds. The molecule has 1 aliphatic heterocycles. The van der Waals surface area contributed by atoms with Gasteiger partial charge in [0.1, 0.15) is 5.69 Å². The molecule has 1 fully saturated rings. The first kappa shape index (κ1) is 16.7. The number of nitrogens with one attached hydrogen (secondary N) is 1. The molecular weight excluding hydrogens is 286 g/mol. The van der Waals surface area contributed by atoms with E-state index < -0.39 is 0 Å². The topological polar surface area (TPSA) is 81.5 Å². The third kappa shape index (κ3) is 4.17. The Bertz CT molecular complexity index is 491. The fourth-order valence-corrected chi connectivity index (χ4v) is 2.45. The largest absolute Gasteiger partial charge is 0.385 e. The third-order valence-corrected chi connectivity index (χ3v) is 3.75. The van der Waals surface area contributed by atoms with Crippen molar-refractivity contribution in [2.75, 3.05) is 33.5 Å². The highest BCUT2D eigenvalue weighted by Gasteiger charge is 2.27. The Kier molecular flexibility index (Phi) is 6.14. The number of urea groups is 1. The average molecular weight is 311 g/mol. The van der Waals surface area contributed by atoms with Crippen LogP contribution >= 0.6 is 0 Å². The van der Waals surface area contributed by atoms with Crippen LogP contribution in [0, 0.1) is 6.92 Å². The fourth-order valence-electron chi connectivity index (χ4n) is 2.45. The summed E-state index contributed by atoms with van der Waals surface area (Å²) in [6, 6.07) is -0.0315. The maximum absolute atomic E-state index is 12.4. The molecule has 2 rings (SSSR count). The van der Waals surface area contributed by atoms with Crippen LogP contribution in [0.2, 0.25) is 0 Å². The van der Waals surface area contributed by atoms with Crippen LogP contribution in [0.1, 0.15) is 24.7 Å². The lowest BCUT2D eigenvalue weighted by Crippen LogP contribution is -2.52. The Balaban J connectivity index is 1.90. The molecule has 1 saturated heterocycles. The monoisotopic (exact) mass is 311 g/mol. The molecule has 2 heterocycles. The molecule has 0 spiro atoms. The van der Waals surface area contributed by atoms with Crippen LogP contribution in [-0.4, -0.2) is 65.4 Å². The van der Waals surface area contributed by atoms with Gasteiger partial charge in [-0.05, 0) is 20.3 Å². The molecule has 1 aliphatic rings. The zero-order valence-electron chi connectivity index (χ0n) is 13.5. The summed E-state index contributed by atoms with van der Waals surface area (Å²) in [6.45, 7) is 7.33. The molecule has 0 aromatic carbocycles. The number of amides is 2. The lowest BCUT2D eigenvalue weighted by atomic mass is 10.2. The van der Waals surface area contributed by atoms with E-state index in [1.54, 1.807) is 11.9 Å². The van der Waals surface area contributed by atoms with Gasteiger partial charge in [0.25, 0.3) is 0 Å². The molecule has 1 unspecified atom stereocenters. The first-order valence-corrected chi connectivity index (χ1v) is 7.67. The van der Waals surface area contributed by atoms with E-state index in [4.69, 9.17) is 9.47 Å². The molecule has 22 heavy (non-hydrogen) atoms. The number of ether oxygens (including phenoxy) is 2. The van der Waals surface area contributed by atoms with E-state index in [2.05, 4.69) is 15.5 Å². The summed E-state index contributed by atoms with van der Waals surface area (Å²) in [4.78, 5) is 15.8. The first-order valence-electron chi connectivity index (χ1n) is 7.67. The molecule has 8 heteroatoms. The van der Waals surface area contributed by atoms with Gasteiger partial charge in [-0.15, -0.1) is 0 Å². The summed E-state index contributed by atoms with van der Waals surface area (Å²) in [5, 5.41) is 11.5. The van der Waals surface area contributed by atoms with E-state index in [0.29, 0.717) is 32.9 Å². The van der Waals surface area contributed by atoms with E-state index in [9.17, 15) is 4.79 Å². The number of aromatic nitrogens is 3. The van der Waals surface area contributed by atoms with Gasteiger partial charge in [-0.25, -0.2) is 4.79 Å². The second-order valence-corrected chi connectivity index (χ2v) is 5.28. The smallest absolute Gasteiger partial charge is 0.318 e. The van der Waals surface area contributed by atoms with E-state index in [1.165, 1.54) is 0 Å². The predicted octanol–water partition coefficient (Wildman–Crippen LogP) is 0.553. The minimum absolute atomic E-state index is 0.0566. The van der Waals surface area contributed by atoms with Gasteiger partial charge < -0.3 is 19.7 Å². The van der Waals surface area contributed by atoms with Crippen LogP contribution in [0.15, 0.2) is 0 Å². The fraction of sp³-hybridized carbons (Fsp3) is 0.786. The molecule has 1 aromatic heterocycles. The molecule has 124 valence electrons. The Hall–Kier alpha value is -1.67. The van der Waals surface area contributed by atoms with Crippen molar-refractivity contribution >= 4 is 6.03 Å². The number of hydrogen-bond acceptors (Lipinski definition) is 5. The second-order valence-electron chi connectivity index (χ2n) is 5.28. The van der Waals surface area contributed by atoms with Crippen molar-refractivity contribution in [3.63, 3.8) is 0 Å². The van der Waals surface area contributed by atoms with Crippen LogP contribution in [0.25, 0.3) is 0 Å². The number of rotatable bonds is 6. The van der Waals surface area contributed by atoms with Crippen LogP contribution in [0.4, 0.5) is 4.79 Å². The number of hydrogen-bond donors (Lipinski definition) is 1. The quantitative estimate of drug-likeness (QED) is 0.830. The van der Waals surface area contributed by atoms with Gasteiger partial charge in [-0.3, -0.25) is 0 Å². The zero-order chi connectivity index (χ0) is 15.9. The summed E-state index contributed by atoms with van der Waals surface area (Å²) in [6.07, 6.45) is 0.773. The van der Waals surface area contributed by atoms with Gasteiger partial charge in [0, 0.05) is 20.3 Å². The van der Waals surface area contributed by atoms with Crippen LogP contribution in [0.3, 0.4) is 0 Å². The molecule has 1 atom stereocenters.